The molecule has 0 bridgehead atoms. The Balaban J connectivity index is 2.93. The third-order valence-corrected chi connectivity index (χ3v) is 2.09. The normalized spacial score (nSPS) is 17.8. The molecule has 0 saturated carbocycles. The van der Waals surface area contributed by atoms with E-state index >= 15 is 0 Å². The minimum absolute atomic E-state index is 1.33. The van der Waals surface area contributed by atoms with Crippen LogP contribution in [0.5, 0.6) is 0 Å². The van der Waals surface area contributed by atoms with Crippen LogP contribution in [0.3, 0.4) is 0 Å². The van der Waals surface area contributed by atoms with Crippen LogP contribution in [0.25, 0.3) is 0 Å². The summed E-state index contributed by atoms with van der Waals surface area (Å²) < 4.78 is 0. The van der Waals surface area contributed by atoms with Crippen LogP contribution in [-0.4, -0.2) is 0 Å². The van der Waals surface area contributed by atoms with Gasteiger partial charge in [-0.05, 0) is 30.4 Å². The zero-order chi connectivity index (χ0) is 5.98. The molecule has 0 aromatic heterocycles. The Morgan fingerprint density at radius 3 is 2.62 bits per heavy atom. The van der Waals surface area contributed by atoms with Crippen molar-refractivity contribution in [3.8, 4) is 0 Å². The van der Waals surface area contributed by atoms with Gasteiger partial charge in [-0.25, -0.2) is 0 Å². The molecule has 0 aliphatic carbocycles. The minimum Gasteiger partial charge on any atom is -0.113 e. The van der Waals surface area contributed by atoms with E-state index in [9.17, 15) is 0 Å². The summed E-state index contributed by atoms with van der Waals surface area (Å²) in [6, 6.07) is 0. The lowest BCUT2D eigenvalue weighted by Crippen LogP contribution is -1.74. The van der Waals surface area contributed by atoms with E-state index in [1.54, 1.807) is 11.8 Å². The third kappa shape index (κ3) is 1.06. The van der Waals surface area contributed by atoms with Gasteiger partial charge in [0, 0.05) is 5.41 Å². The van der Waals surface area contributed by atoms with Crippen LogP contribution in [0.2, 0.25) is 0 Å². The smallest absolute Gasteiger partial charge is 0.0175 e. The van der Waals surface area contributed by atoms with Gasteiger partial charge in [0.1, 0.15) is 0 Å². The zero-order valence-corrected chi connectivity index (χ0v) is 5.88. The van der Waals surface area contributed by atoms with Crippen molar-refractivity contribution in [2.75, 3.05) is 0 Å². The molecule has 0 radical (unpaired) electrons. The Morgan fingerprint density at radius 2 is 2.25 bits per heavy atom. The molecule has 0 saturated heterocycles. The Kier molecular flexibility index (Phi) is 1.62. The van der Waals surface area contributed by atoms with Crippen LogP contribution in [-0.2, 0) is 0 Å². The summed E-state index contributed by atoms with van der Waals surface area (Å²) in [7, 11) is 0. The van der Waals surface area contributed by atoms with E-state index in [1.165, 1.54) is 10.5 Å². The first kappa shape index (κ1) is 5.74. The average Bonchev–Trinajstić information content (AvgIpc) is 1.77. The van der Waals surface area contributed by atoms with Crippen molar-refractivity contribution in [3.05, 3.63) is 27.7 Å². The van der Waals surface area contributed by atoms with Gasteiger partial charge >= 0.3 is 0 Å². The molecule has 0 fully saturated rings. The van der Waals surface area contributed by atoms with Gasteiger partial charge in [0.25, 0.3) is 0 Å². The molecule has 0 nitrogen and oxygen atoms in total. The van der Waals surface area contributed by atoms with E-state index in [2.05, 4.69) is 19.6 Å². The molecule has 42 valence electrons. The first-order valence-corrected chi connectivity index (χ1v) is 3.44. The summed E-state index contributed by atoms with van der Waals surface area (Å²) in [5.41, 5.74) is 4.35. The van der Waals surface area contributed by atoms with E-state index in [0.717, 1.165) is 0 Å². The van der Waals surface area contributed by atoms with E-state index in [0.29, 0.717) is 0 Å². The van der Waals surface area contributed by atoms with Crippen molar-refractivity contribution in [3.63, 3.8) is 0 Å². The van der Waals surface area contributed by atoms with Crippen molar-refractivity contribution in [2.45, 2.75) is 13.8 Å². The number of hydrogen-bond donors (Lipinski definition) is 0. The molecule has 0 aromatic carbocycles. The molecule has 1 heteroatoms. The monoisotopic (exact) mass is 124 g/mol. The largest absolute Gasteiger partial charge is 0.113 e. The minimum atomic E-state index is 1.33. The fourth-order valence-electron chi connectivity index (χ4n) is 0.476. The highest BCUT2D eigenvalue weighted by molar-refractivity contribution is 8.05. The molecule has 0 aromatic rings. The highest BCUT2D eigenvalue weighted by Crippen LogP contribution is 2.22. The number of thioether (sulfide) groups is 1. The van der Waals surface area contributed by atoms with Gasteiger partial charge in [0.2, 0.25) is 0 Å². The van der Waals surface area contributed by atoms with E-state index < -0.39 is 0 Å². The van der Waals surface area contributed by atoms with Gasteiger partial charge < -0.3 is 0 Å². The van der Waals surface area contributed by atoms with Crippen molar-refractivity contribution in [1.82, 2.24) is 0 Å². The molecule has 0 N–H and O–H groups in total. The fraction of sp³-hybridized carbons (Fsp3) is 0.286. The Bertz CT molecular complexity index is 181. The van der Waals surface area contributed by atoms with Crippen LogP contribution < -0.4 is 0 Å². The van der Waals surface area contributed by atoms with Gasteiger partial charge in [0.05, 0.1) is 0 Å². The maximum atomic E-state index is 3.02. The second-order valence-corrected chi connectivity index (χ2v) is 2.87. The highest BCUT2D eigenvalue weighted by atomic mass is 32.2. The maximum Gasteiger partial charge on any atom is 0.0175 e. The van der Waals surface area contributed by atoms with Crippen molar-refractivity contribution in [2.24, 2.45) is 0 Å². The lowest BCUT2D eigenvalue weighted by Gasteiger charge is -1.99. The molecule has 1 aliphatic rings. The Morgan fingerprint density at radius 1 is 1.50 bits per heavy atom. The van der Waals surface area contributed by atoms with Crippen molar-refractivity contribution < 1.29 is 0 Å². The number of allylic oxidation sites excluding steroid dienone is 3. The van der Waals surface area contributed by atoms with Crippen LogP contribution in [0, 0.1) is 0 Å². The second kappa shape index (κ2) is 2.25. The molecule has 0 spiro atoms. The standard InChI is InChI=1S/C7H8S/c1-6-4-3-5-8-7(6)2/h4-5H,1-2H3. The molecule has 8 heavy (non-hydrogen) atoms. The second-order valence-electron chi connectivity index (χ2n) is 1.79. The zero-order valence-electron chi connectivity index (χ0n) is 5.06. The maximum absolute atomic E-state index is 3.02. The first-order valence-electron chi connectivity index (χ1n) is 2.56. The lowest BCUT2D eigenvalue weighted by molar-refractivity contribution is 1.45. The summed E-state index contributed by atoms with van der Waals surface area (Å²) in [4.78, 5) is 1.38. The van der Waals surface area contributed by atoms with E-state index in [1.807, 2.05) is 11.5 Å². The van der Waals surface area contributed by atoms with Gasteiger partial charge in [-0.1, -0.05) is 11.8 Å². The SMILES string of the molecule is CC1=C(C)SC=C=C1. The third-order valence-electron chi connectivity index (χ3n) is 1.16. The van der Waals surface area contributed by atoms with Crippen LogP contribution >= 0.6 is 11.8 Å². The van der Waals surface area contributed by atoms with Crippen molar-refractivity contribution >= 4 is 11.8 Å². The molecule has 0 amide bonds. The number of rotatable bonds is 0. The molecular formula is C7H8S. The van der Waals surface area contributed by atoms with Crippen LogP contribution in [0.15, 0.2) is 27.7 Å². The van der Waals surface area contributed by atoms with E-state index in [-0.39, 0.29) is 0 Å². The summed E-state index contributed by atoms with van der Waals surface area (Å²) in [6.45, 7) is 4.22. The summed E-state index contributed by atoms with van der Waals surface area (Å²) in [5.74, 6) is 0. The van der Waals surface area contributed by atoms with Gasteiger partial charge in [-0.15, -0.1) is 5.73 Å². The highest BCUT2D eigenvalue weighted by Gasteiger charge is 1.93. The molecule has 1 aliphatic heterocycles. The number of hydrogen-bond acceptors (Lipinski definition) is 1. The summed E-state index contributed by atoms with van der Waals surface area (Å²) >= 11 is 1.74. The molecule has 0 atom stereocenters. The Labute approximate surface area is 54.0 Å². The molecule has 1 heterocycles. The predicted octanol–water partition coefficient (Wildman–Crippen LogP) is 2.70. The first-order chi connectivity index (χ1) is 3.80. The fourth-order valence-corrected chi connectivity index (χ4v) is 1.03. The quantitative estimate of drug-likeness (QED) is 0.447. The summed E-state index contributed by atoms with van der Waals surface area (Å²) in [6.07, 6.45) is 2.01. The Hall–Kier alpha value is -0.390. The lowest BCUT2D eigenvalue weighted by atomic mass is 10.3. The van der Waals surface area contributed by atoms with Crippen LogP contribution in [0.4, 0.5) is 0 Å². The molecule has 1 rings (SSSR count). The van der Waals surface area contributed by atoms with Gasteiger partial charge in [0.15, 0.2) is 0 Å². The van der Waals surface area contributed by atoms with E-state index in [4.69, 9.17) is 0 Å². The summed E-state index contributed by atoms with van der Waals surface area (Å²) in [5, 5.41) is 1.97. The van der Waals surface area contributed by atoms with Gasteiger partial charge in [-0.3, -0.25) is 0 Å². The molecule has 0 unspecified atom stereocenters. The van der Waals surface area contributed by atoms with Gasteiger partial charge in [-0.2, -0.15) is 0 Å². The average molecular weight is 124 g/mol. The predicted molar refractivity (Wildman–Crippen MR) is 38.6 cm³/mol. The van der Waals surface area contributed by atoms with Crippen molar-refractivity contribution in [1.29, 1.82) is 0 Å². The van der Waals surface area contributed by atoms with Crippen LogP contribution in [0.1, 0.15) is 13.8 Å². The topological polar surface area (TPSA) is 0 Å². The molecular weight excluding hydrogens is 116 g/mol.